The molecule has 3 aromatic carbocycles. The van der Waals surface area contributed by atoms with Crippen molar-refractivity contribution in [3.8, 4) is 23.0 Å². The molecule has 41 heavy (non-hydrogen) atoms. The van der Waals surface area contributed by atoms with Crippen LogP contribution in [-0.4, -0.2) is 51.9 Å². The van der Waals surface area contributed by atoms with E-state index in [1.807, 2.05) is 24.3 Å². The number of carbonyl (C=O) groups is 2. The molecule has 2 amide bonds. The maximum Gasteiger partial charge on any atom is 0.249 e. The minimum Gasteiger partial charge on any atom is -0.504 e. The van der Waals surface area contributed by atoms with Crippen LogP contribution >= 0.6 is 0 Å². The zero-order valence-electron chi connectivity index (χ0n) is 22.7. The highest BCUT2D eigenvalue weighted by Gasteiger charge is 2.36. The fraction of sp³-hybridized carbons (Fsp3) is 0.333. The Balaban J connectivity index is 1.44. The second-order valence-corrected chi connectivity index (χ2v) is 10.2. The Morgan fingerprint density at radius 1 is 1.07 bits per heavy atom. The summed E-state index contributed by atoms with van der Waals surface area (Å²) in [6.07, 6.45) is 4.94. The smallest absolute Gasteiger partial charge is 0.249 e. The molecule has 11 nitrogen and oxygen atoms in total. The number of para-hydroxylation sites is 1. The second-order valence-electron chi connectivity index (χ2n) is 10.2. The lowest BCUT2D eigenvalue weighted by atomic mass is 9.94. The molecule has 4 aromatic rings. The highest BCUT2D eigenvalue weighted by Crippen LogP contribution is 2.39. The first kappa shape index (κ1) is 26.4. The van der Waals surface area contributed by atoms with E-state index in [1.165, 1.54) is 22.8 Å². The van der Waals surface area contributed by atoms with Gasteiger partial charge in [0, 0.05) is 17.8 Å². The number of methoxy groups -OCH3 is 1. The van der Waals surface area contributed by atoms with Crippen LogP contribution in [0.3, 0.4) is 0 Å². The Labute approximate surface area is 236 Å². The third-order valence-corrected chi connectivity index (χ3v) is 7.59. The average Bonchev–Trinajstić information content (AvgIpc) is 3.63. The summed E-state index contributed by atoms with van der Waals surface area (Å²) in [5.74, 6) is 0.384. The highest BCUT2D eigenvalue weighted by molar-refractivity contribution is 6.02. The molecule has 6 rings (SSSR count). The molecular formula is C30H31N5O6. The normalized spacial score (nSPS) is 15.4. The number of carbonyl (C=O) groups excluding carboxylic acids is 2. The Morgan fingerprint density at radius 3 is 2.68 bits per heavy atom. The first-order chi connectivity index (χ1) is 20.0. The van der Waals surface area contributed by atoms with Gasteiger partial charge < -0.3 is 24.6 Å². The van der Waals surface area contributed by atoms with Gasteiger partial charge in [-0.3, -0.25) is 14.5 Å². The lowest BCUT2D eigenvalue weighted by molar-refractivity contribution is -0.127. The lowest BCUT2D eigenvalue weighted by Gasteiger charge is -2.33. The molecule has 1 aromatic heterocycles. The maximum absolute atomic E-state index is 14.3. The van der Waals surface area contributed by atoms with Crippen LogP contribution in [0.1, 0.15) is 43.7 Å². The van der Waals surface area contributed by atoms with Gasteiger partial charge in [0.1, 0.15) is 18.1 Å². The van der Waals surface area contributed by atoms with Crippen molar-refractivity contribution in [2.75, 3.05) is 18.8 Å². The molecule has 212 valence electrons. The monoisotopic (exact) mass is 557 g/mol. The van der Waals surface area contributed by atoms with E-state index in [-0.39, 0.29) is 36.8 Å². The van der Waals surface area contributed by atoms with Gasteiger partial charge in [-0.15, -0.1) is 5.10 Å². The van der Waals surface area contributed by atoms with Crippen LogP contribution in [0.5, 0.6) is 23.0 Å². The van der Waals surface area contributed by atoms with Crippen molar-refractivity contribution in [2.24, 2.45) is 0 Å². The van der Waals surface area contributed by atoms with E-state index in [9.17, 15) is 14.7 Å². The van der Waals surface area contributed by atoms with E-state index < -0.39 is 11.9 Å². The van der Waals surface area contributed by atoms with E-state index >= 15 is 0 Å². The van der Waals surface area contributed by atoms with Gasteiger partial charge in [-0.25, -0.2) is 4.68 Å². The summed E-state index contributed by atoms with van der Waals surface area (Å²) in [5, 5.41) is 22.2. The number of nitrogens with zero attached hydrogens (tertiary/aromatic N) is 4. The van der Waals surface area contributed by atoms with E-state index in [4.69, 9.17) is 14.2 Å². The molecule has 2 heterocycles. The molecule has 0 saturated heterocycles. The summed E-state index contributed by atoms with van der Waals surface area (Å²) in [5.41, 5.74) is 2.20. The van der Waals surface area contributed by atoms with Gasteiger partial charge in [-0.1, -0.05) is 42.7 Å². The predicted molar refractivity (Wildman–Crippen MR) is 150 cm³/mol. The van der Waals surface area contributed by atoms with Crippen molar-refractivity contribution in [3.05, 3.63) is 66.2 Å². The van der Waals surface area contributed by atoms with Crippen LogP contribution in [0.25, 0.3) is 11.0 Å². The maximum atomic E-state index is 14.3. The molecule has 2 aliphatic rings. The van der Waals surface area contributed by atoms with Gasteiger partial charge in [0.25, 0.3) is 0 Å². The first-order valence-electron chi connectivity index (χ1n) is 13.7. The summed E-state index contributed by atoms with van der Waals surface area (Å²) in [7, 11) is 1.45. The van der Waals surface area contributed by atoms with Crippen LogP contribution < -0.4 is 24.4 Å². The average molecular weight is 558 g/mol. The summed E-state index contributed by atoms with van der Waals surface area (Å²) in [4.78, 5) is 29.8. The number of hydrogen-bond acceptors (Lipinski definition) is 8. The van der Waals surface area contributed by atoms with Crippen molar-refractivity contribution in [3.63, 3.8) is 0 Å². The van der Waals surface area contributed by atoms with E-state index in [1.54, 1.807) is 30.3 Å². The molecule has 2 N–H and O–H groups in total. The van der Waals surface area contributed by atoms with E-state index in [0.29, 0.717) is 33.8 Å². The van der Waals surface area contributed by atoms with Crippen LogP contribution in [-0.2, 0) is 16.1 Å². The van der Waals surface area contributed by atoms with Gasteiger partial charge in [-0.05, 0) is 54.8 Å². The van der Waals surface area contributed by atoms with Gasteiger partial charge in [0.05, 0.1) is 12.6 Å². The van der Waals surface area contributed by atoms with E-state index in [0.717, 1.165) is 32.1 Å². The number of phenols is 1. The number of rotatable bonds is 8. The second kappa shape index (κ2) is 11.4. The number of ether oxygens (including phenoxy) is 3. The predicted octanol–water partition coefficient (Wildman–Crippen LogP) is 4.10. The number of nitrogens with one attached hydrogen (secondary N) is 1. The van der Waals surface area contributed by atoms with Crippen LogP contribution in [0, 0.1) is 0 Å². The fourth-order valence-corrected chi connectivity index (χ4v) is 5.53. The highest BCUT2D eigenvalue weighted by atomic mass is 16.7. The molecule has 0 bridgehead atoms. The number of fused-ring (bicyclic) bond motifs is 2. The summed E-state index contributed by atoms with van der Waals surface area (Å²) in [6.45, 7) is -0.111. The first-order valence-corrected chi connectivity index (χ1v) is 13.7. The van der Waals surface area contributed by atoms with Crippen molar-refractivity contribution in [1.82, 2.24) is 20.3 Å². The summed E-state index contributed by atoms with van der Waals surface area (Å²) in [6, 6.07) is 16.1. The SMILES string of the molecule is COc1ccc(C(C(=O)NC2CCCCC2)N(C(=O)Cn2nnc3ccccc32)c2ccc3c(c2)OCO3)cc1O. The number of aromatic nitrogens is 3. The number of anilines is 1. The zero-order valence-corrected chi connectivity index (χ0v) is 22.7. The molecular weight excluding hydrogens is 526 g/mol. The van der Waals surface area contributed by atoms with Crippen molar-refractivity contribution < 1.29 is 28.9 Å². The third-order valence-electron chi connectivity index (χ3n) is 7.59. The van der Waals surface area contributed by atoms with Gasteiger partial charge in [-0.2, -0.15) is 0 Å². The summed E-state index contributed by atoms with van der Waals surface area (Å²) >= 11 is 0. The van der Waals surface area contributed by atoms with Gasteiger partial charge in [0.15, 0.2) is 23.0 Å². The number of benzene rings is 3. The number of aromatic hydroxyl groups is 1. The topological polar surface area (TPSA) is 128 Å². The standard InChI is InChI=1S/C30H31N5O6/c1-39-25-13-11-19(15-24(25)36)29(30(38)31-20-7-3-2-4-8-20)35(21-12-14-26-27(16-21)41-18-40-26)28(37)17-34-23-10-6-5-9-22(23)32-33-34/h5-6,9-16,20,29,36H,2-4,7-8,17-18H2,1H3,(H,31,38). The number of amides is 2. The molecule has 1 aliphatic heterocycles. The Kier molecular flexibility index (Phi) is 7.32. The minimum atomic E-state index is -1.11. The molecule has 0 spiro atoms. The molecule has 1 aliphatic carbocycles. The Morgan fingerprint density at radius 2 is 1.88 bits per heavy atom. The largest absolute Gasteiger partial charge is 0.504 e. The molecule has 1 atom stereocenters. The fourth-order valence-electron chi connectivity index (χ4n) is 5.53. The molecule has 1 saturated carbocycles. The molecule has 0 radical (unpaired) electrons. The number of phenolic OH excluding ortho intramolecular Hbond substituents is 1. The molecule has 1 fully saturated rings. The summed E-state index contributed by atoms with van der Waals surface area (Å²) < 4.78 is 17.8. The molecule has 11 heteroatoms. The van der Waals surface area contributed by atoms with E-state index in [2.05, 4.69) is 15.6 Å². The Hall–Kier alpha value is -4.80. The van der Waals surface area contributed by atoms with Crippen molar-refractivity contribution >= 4 is 28.5 Å². The van der Waals surface area contributed by atoms with Gasteiger partial charge >= 0.3 is 0 Å². The zero-order chi connectivity index (χ0) is 28.3. The molecule has 1 unspecified atom stereocenters. The van der Waals surface area contributed by atoms with Gasteiger partial charge in [0.2, 0.25) is 18.6 Å². The number of hydrogen-bond donors (Lipinski definition) is 2. The van der Waals surface area contributed by atoms with Crippen LogP contribution in [0.4, 0.5) is 5.69 Å². The third kappa shape index (κ3) is 5.34. The lowest BCUT2D eigenvalue weighted by Crippen LogP contribution is -2.48. The van der Waals surface area contributed by atoms with Crippen molar-refractivity contribution in [1.29, 1.82) is 0 Å². The van der Waals surface area contributed by atoms with Crippen LogP contribution in [0.2, 0.25) is 0 Å². The minimum absolute atomic E-state index is 0.00133. The Bertz CT molecular complexity index is 1580. The van der Waals surface area contributed by atoms with Crippen molar-refractivity contribution in [2.45, 2.75) is 50.7 Å². The van der Waals surface area contributed by atoms with Crippen LogP contribution in [0.15, 0.2) is 60.7 Å². The quantitative estimate of drug-likeness (QED) is 0.332.